The molecule has 0 N–H and O–H groups in total. The second-order valence-electron chi connectivity index (χ2n) is 3.33. The third kappa shape index (κ3) is 6.12. The lowest BCUT2D eigenvalue weighted by Crippen LogP contribution is -1.75. The summed E-state index contributed by atoms with van der Waals surface area (Å²) < 4.78 is 12.4. The van der Waals surface area contributed by atoms with Gasteiger partial charge in [0.2, 0.25) is 0 Å². The Hall–Kier alpha value is -1.72. The Labute approximate surface area is 111 Å². The number of hydrogen-bond acceptors (Lipinski definition) is 1. The molecule has 0 amide bonds. The predicted octanol–water partition coefficient (Wildman–Crippen LogP) is 5.66. The molecule has 1 nitrogen and oxygen atoms in total. The molecule has 1 atom stereocenters. The molecule has 0 aromatic rings. The summed E-state index contributed by atoms with van der Waals surface area (Å²) in [7, 11) is -1.61. The number of rotatable bonds is 7. The van der Waals surface area contributed by atoms with Gasteiger partial charge in [0.25, 0.3) is 0 Å². The average Bonchev–Trinajstić information content (AvgIpc) is 2.38. The zero-order valence-corrected chi connectivity index (χ0v) is 11.9. The fraction of sp³-hybridized carbons (Fsp3) is 0.125. The normalized spacial score (nSPS) is 14.7. The van der Waals surface area contributed by atoms with Gasteiger partial charge in [0, 0.05) is 0 Å². The molecule has 0 spiro atoms. The van der Waals surface area contributed by atoms with Gasteiger partial charge in [-0.2, -0.15) is 0 Å². The molecule has 0 aliphatic carbocycles. The van der Waals surface area contributed by atoms with Crippen LogP contribution in [0.5, 0.6) is 0 Å². The molecule has 0 radical (unpaired) electrons. The van der Waals surface area contributed by atoms with Crippen molar-refractivity contribution >= 4 is 7.80 Å². The molecule has 0 heterocycles. The van der Waals surface area contributed by atoms with Crippen LogP contribution in [0.25, 0.3) is 0 Å². The standard InChI is InChI=1S/C16H20OP/c1-5-9-13-15(11-7-3)18(17)16(12-8-4)14-10-6-2/h5-14H,1,3H2,2,4H3/q+1/b10-6-,12-8-,13-9-,15-11+,16-14+. The molecule has 0 saturated carbocycles. The Morgan fingerprint density at radius 2 is 1.56 bits per heavy atom. The van der Waals surface area contributed by atoms with Crippen LogP contribution in [0.15, 0.2) is 84.5 Å². The predicted molar refractivity (Wildman–Crippen MR) is 82.9 cm³/mol. The minimum absolute atomic E-state index is 0.730. The maximum absolute atomic E-state index is 12.4. The Balaban J connectivity index is 5.38. The van der Waals surface area contributed by atoms with E-state index in [0.29, 0.717) is 0 Å². The highest BCUT2D eigenvalue weighted by atomic mass is 31.1. The first-order chi connectivity index (χ1) is 8.71. The van der Waals surface area contributed by atoms with Crippen LogP contribution in [0, 0.1) is 0 Å². The second-order valence-corrected chi connectivity index (χ2v) is 4.96. The van der Waals surface area contributed by atoms with E-state index in [0.717, 1.165) is 10.6 Å². The van der Waals surface area contributed by atoms with E-state index in [1.54, 1.807) is 30.4 Å². The second kappa shape index (κ2) is 10.4. The third-order valence-corrected chi connectivity index (χ3v) is 3.49. The van der Waals surface area contributed by atoms with E-state index in [1.807, 2.05) is 44.2 Å². The van der Waals surface area contributed by atoms with Gasteiger partial charge in [0.05, 0.1) is 0 Å². The molecule has 0 bridgehead atoms. The van der Waals surface area contributed by atoms with Gasteiger partial charge >= 0.3 is 7.80 Å². The van der Waals surface area contributed by atoms with Gasteiger partial charge in [0.1, 0.15) is 0 Å². The molecule has 0 aliphatic heterocycles. The molecule has 0 rings (SSSR count). The molecule has 0 aliphatic rings. The summed E-state index contributed by atoms with van der Waals surface area (Å²) in [5.74, 6) is 0. The van der Waals surface area contributed by atoms with E-state index >= 15 is 0 Å². The summed E-state index contributed by atoms with van der Waals surface area (Å²) >= 11 is 0. The smallest absolute Gasteiger partial charge is 0.0991 e. The van der Waals surface area contributed by atoms with Gasteiger partial charge < -0.3 is 0 Å². The maximum Gasteiger partial charge on any atom is 0.415 e. The van der Waals surface area contributed by atoms with E-state index in [2.05, 4.69) is 13.2 Å². The summed E-state index contributed by atoms with van der Waals surface area (Å²) in [5, 5.41) is 1.51. The van der Waals surface area contributed by atoms with Crippen LogP contribution in [0.2, 0.25) is 0 Å². The summed E-state index contributed by atoms with van der Waals surface area (Å²) in [6, 6.07) is 0. The van der Waals surface area contributed by atoms with Crippen LogP contribution >= 0.6 is 7.80 Å². The topological polar surface area (TPSA) is 17.1 Å². The van der Waals surface area contributed by atoms with Crippen molar-refractivity contribution in [3.8, 4) is 0 Å². The first-order valence-electron chi connectivity index (χ1n) is 5.76. The SMILES string of the molecule is C=C/C=C\C(=C/C=C)[P+](=O)C(/C=C\C)=C/C=C\C. The van der Waals surface area contributed by atoms with Crippen molar-refractivity contribution in [3.05, 3.63) is 84.5 Å². The van der Waals surface area contributed by atoms with Gasteiger partial charge in [-0.25, -0.2) is 0 Å². The van der Waals surface area contributed by atoms with E-state index in [1.165, 1.54) is 0 Å². The lowest BCUT2D eigenvalue weighted by molar-refractivity contribution is 0.595. The fourth-order valence-electron chi connectivity index (χ4n) is 1.18. The molecular formula is C16H20OP+. The summed E-state index contributed by atoms with van der Waals surface area (Å²) in [6.45, 7) is 11.1. The monoisotopic (exact) mass is 259 g/mol. The Morgan fingerprint density at radius 1 is 0.889 bits per heavy atom. The molecule has 0 saturated heterocycles. The minimum atomic E-state index is -1.61. The van der Waals surface area contributed by atoms with Crippen LogP contribution in [-0.4, -0.2) is 0 Å². The maximum atomic E-state index is 12.4. The molecule has 18 heavy (non-hydrogen) atoms. The molecule has 94 valence electrons. The lowest BCUT2D eigenvalue weighted by Gasteiger charge is -1.89. The van der Waals surface area contributed by atoms with Crippen molar-refractivity contribution in [2.45, 2.75) is 13.8 Å². The van der Waals surface area contributed by atoms with Crippen LogP contribution in [0.3, 0.4) is 0 Å². The summed E-state index contributed by atoms with van der Waals surface area (Å²) in [6.07, 6.45) is 18.0. The first kappa shape index (κ1) is 16.3. The first-order valence-corrected chi connectivity index (χ1v) is 7.02. The average molecular weight is 259 g/mol. The van der Waals surface area contributed by atoms with Crippen molar-refractivity contribution in [1.29, 1.82) is 0 Å². The van der Waals surface area contributed by atoms with Crippen molar-refractivity contribution < 1.29 is 4.57 Å². The summed E-state index contributed by atoms with van der Waals surface area (Å²) in [5.41, 5.74) is 0. The van der Waals surface area contributed by atoms with Gasteiger partial charge in [0.15, 0.2) is 10.6 Å². The highest BCUT2D eigenvalue weighted by molar-refractivity contribution is 7.54. The third-order valence-electron chi connectivity index (χ3n) is 1.96. The van der Waals surface area contributed by atoms with Crippen molar-refractivity contribution in [2.24, 2.45) is 0 Å². The van der Waals surface area contributed by atoms with E-state index in [4.69, 9.17) is 0 Å². The zero-order valence-electron chi connectivity index (χ0n) is 11.0. The molecule has 2 heteroatoms. The molecule has 0 aromatic heterocycles. The number of allylic oxidation sites excluding steroid dienone is 12. The van der Waals surface area contributed by atoms with E-state index in [-0.39, 0.29) is 0 Å². The fourth-order valence-corrected chi connectivity index (χ4v) is 2.45. The molecule has 0 fully saturated rings. The quantitative estimate of drug-likeness (QED) is 0.425. The molecule has 0 aromatic carbocycles. The Morgan fingerprint density at radius 3 is 2.06 bits per heavy atom. The van der Waals surface area contributed by atoms with Crippen molar-refractivity contribution in [1.82, 2.24) is 0 Å². The highest BCUT2D eigenvalue weighted by Crippen LogP contribution is 2.42. The van der Waals surface area contributed by atoms with Gasteiger partial charge in [-0.05, 0) is 38.2 Å². The van der Waals surface area contributed by atoms with Crippen molar-refractivity contribution in [2.75, 3.05) is 0 Å². The molecular weight excluding hydrogens is 239 g/mol. The Bertz CT molecular complexity index is 442. The molecule has 1 unspecified atom stereocenters. The van der Waals surface area contributed by atoms with Crippen LogP contribution in [-0.2, 0) is 4.57 Å². The van der Waals surface area contributed by atoms with Gasteiger partial charge in [-0.1, -0.05) is 54.2 Å². The van der Waals surface area contributed by atoms with Crippen molar-refractivity contribution in [3.63, 3.8) is 0 Å². The summed E-state index contributed by atoms with van der Waals surface area (Å²) in [4.78, 5) is 0. The zero-order chi connectivity index (χ0) is 13.8. The van der Waals surface area contributed by atoms with Crippen LogP contribution < -0.4 is 0 Å². The van der Waals surface area contributed by atoms with Crippen LogP contribution in [0.4, 0.5) is 0 Å². The van der Waals surface area contributed by atoms with E-state index in [9.17, 15) is 4.57 Å². The van der Waals surface area contributed by atoms with Gasteiger partial charge in [-0.3, -0.25) is 0 Å². The number of hydrogen-bond donors (Lipinski definition) is 0. The lowest BCUT2D eigenvalue weighted by atomic mass is 10.4. The minimum Gasteiger partial charge on any atom is -0.0991 e. The van der Waals surface area contributed by atoms with E-state index < -0.39 is 7.80 Å². The van der Waals surface area contributed by atoms with Crippen LogP contribution in [0.1, 0.15) is 13.8 Å². The largest absolute Gasteiger partial charge is 0.415 e. The van der Waals surface area contributed by atoms with Gasteiger partial charge in [-0.15, -0.1) is 0 Å². The Kier molecular flexibility index (Phi) is 9.44. The highest BCUT2D eigenvalue weighted by Gasteiger charge is 2.24.